The molecule has 4 rings (SSSR count). The largest absolute Gasteiger partial charge is 0.469 e. The lowest BCUT2D eigenvalue weighted by Crippen LogP contribution is -2.18. The molecule has 0 bridgehead atoms. The maximum atomic E-state index is 12.5. The normalized spacial score (nSPS) is 17.4. The fourth-order valence-corrected chi connectivity index (χ4v) is 5.07. The number of carbonyl (C=O) groups is 2. The predicted molar refractivity (Wildman–Crippen MR) is 140 cm³/mol. The van der Waals surface area contributed by atoms with Crippen molar-refractivity contribution in [1.82, 2.24) is 9.78 Å². The van der Waals surface area contributed by atoms with E-state index in [9.17, 15) is 9.59 Å². The van der Waals surface area contributed by atoms with E-state index in [1.807, 2.05) is 24.3 Å². The van der Waals surface area contributed by atoms with Crippen LogP contribution >= 0.6 is 11.6 Å². The topological polar surface area (TPSA) is 82.5 Å². The Kier molecular flexibility index (Phi) is 8.65. The highest BCUT2D eigenvalue weighted by Crippen LogP contribution is 2.38. The number of hydrogen-bond donors (Lipinski definition) is 1. The van der Waals surface area contributed by atoms with E-state index in [0.717, 1.165) is 42.4 Å². The molecule has 7 nitrogen and oxygen atoms in total. The average molecular weight is 510 g/mol. The molecule has 190 valence electrons. The number of methoxy groups -OCH3 is 1. The molecule has 1 fully saturated rings. The van der Waals surface area contributed by atoms with E-state index in [2.05, 4.69) is 34.7 Å². The summed E-state index contributed by atoms with van der Waals surface area (Å²) in [6.45, 7) is 0.222. The Hall–Kier alpha value is -3.32. The number of ether oxygens (including phenoxy) is 2. The highest BCUT2D eigenvalue weighted by atomic mass is 35.5. The fourth-order valence-electron chi connectivity index (χ4n) is 4.84. The summed E-state index contributed by atoms with van der Waals surface area (Å²) in [7, 11) is 3.23. The van der Waals surface area contributed by atoms with Crippen LogP contribution in [0, 0.1) is 5.92 Å². The number of hydrogen-bond acceptors (Lipinski definition) is 5. The number of aryl methyl sites for hydroxylation is 1. The van der Waals surface area contributed by atoms with Gasteiger partial charge in [0.15, 0.2) is 0 Å². The second-order valence-electron chi connectivity index (χ2n) is 9.25. The lowest BCUT2D eigenvalue weighted by Gasteiger charge is -2.28. The first kappa shape index (κ1) is 25.8. The number of amides is 1. The van der Waals surface area contributed by atoms with Crippen LogP contribution in [0.4, 0.5) is 10.6 Å². The van der Waals surface area contributed by atoms with Gasteiger partial charge in [-0.1, -0.05) is 54.1 Å². The minimum Gasteiger partial charge on any atom is -0.469 e. The Morgan fingerprint density at radius 1 is 1.08 bits per heavy atom. The summed E-state index contributed by atoms with van der Waals surface area (Å²) in [4.78, 5) is 24.0. The molecule has 0 radical (unpaired) electrons. The Morgan fingerprint density at radius 3 is 2.50 bits per heavy atom. The van der Waals surface area contributed by atoms with Crippen LogP contribution < -0.4 is 5.32 Å². The van der Waals surface area contributed by atoms with Crippen molar-refractivity contribution in [2.24, 2.45) is 13.0 Å². The van der Waals surface area contributed by atoms with Gasteiger partial charge in [0.1, 0.15) is 5.82 Å². The van der Waals surface area contributed by atoms with Crippen molar-refractivity contribution in [2.75, 3.05) is 19.0 Å². The lowest BCUT2D eigenvalue weighted by atomic mass is 9.77. The molecule has 3 aromatic rings. The van der Waals surface area contributed by atoms with Crippen LogP contribution in [0.2, 0.25) is 5.02 Å². The van der Waals surface area contributed by atoms with Gasteiger partial charge in [-0.2, -0.15) is 5.10 Å². The van der Waals surface area contributed by atoms with Gasteiger partial charge in [-0.15, -0.1) is 0 Å². The summed E-state index contributed by atoms with van der Waals surface area (Å²) in [5.41, 5.74) is 4.03. The molecular formula is C28H32ClN3O4. The molecule has 1 N–H and O–H groups in total. The minimum atomic E-state index is -0.535. The van der Waals surface area contributed by atoms with Gasteiger partial charge in [0.2, 0.25) is 0 Å². The van der Waals surface area contributed by atoms with Gasteiger partial charge in [-0.3, -0.25) is 14.8 Å². The van der Waals surface area contributed by atoms with Gasteiger partial charge in [-0.05, 0) is 60.3 Å². The van der Waals surface area contributed by atoms with E-state index in [4.69, 9.17) is 21.1 Å². The van der Waals surface area contributed by atoms with Crippen LogP contribution in [0.25, 0.3) is 11.1 Å². The van der Waals surface area contributed by atoms with E-state index in [0.29, 0.717) is 35.5 Å². The van der Waals surface area contributed by atoms with Gasteiger partial charge in [0, 0.05) is 30.5 Å². The lowest BCUT2D eigenvalue weighted by molar-refractivity contribution is -0.142. The first-order valence-corrected chi connectivity index (χ1v) is 12.7. The van der Waals surface area contributed by atoms with Crippen molar-refractivity contribution >= 4 is 29.5 Å². The van der Waals surface area contributed by atoms with Crippen LogP contribution in [0.3, 0.4) is 0 Å². The Balaban J connectivity index is 1.34. The van der Waals surface area contributed by atoms with Crippen molar-refractivity contribution in [3.63, 3.8) is 0 Å². The van der Waals surface area contributed by atoms with Crippen molar-refractivity contribution in [3.8, 4) is 11.1 Å². The second kappa shape index (κ2) is 12.1. The Labute approximate surface area is 216 Å². The van der Waals surface area contributed by atoms with Crippen LogP contribution in [0.5, 0.6) is 0 Å². The molecule has 1 aromatic heterocycles. The zero-order valence-corrected chi connectivity index (χ0v) is 21.5. The minimum absolute atomic E-state index is 0.117. The molecule has 1 saturated carbocycles. The summed E-state index contributed by atoms with van der Waals surface area (Å²) in [5, 5.41) is 7.82. The first-order chi connectivity index (χ1) is 17.4. The highest BCUT2D eigenvalue weighted by Gasteiger charge is 2.24. The third-order valence-electron chi connectivity index (χ3n) is 6.94. The SMILES string of the molecule is COC(=O)CC1CCC(c2ccc(-c3cnn(C)c3NC(=O)OCCc3ccccc3Cl)cc2)CC1. The maximum Gasteiger partial charge on any atom is 0.412 e. The molecular weight excluding hydrogens is 478 g/mol. The third kappa shape index (κ3) is 6.46. The average Bonchev–Trinajstić information content (AvgIpc) is 3.25. The summed E-state index contributed by atoms with van der Waals surface area (Å²) < 4.78 is 11.8. The van der Waals surface area contributed by atoms with E-state index in [-0.39, 0.29) is 12.6 Å². The number of aromatic nitrogens is 2. The van der Waals surface area contributed by atoms with Crippen LogP contribution in [0.15, 0.2) is 54.7 Å². The van der Waals surface area contributed by atoms with Gasteiger partial charge in [0.05, 0.1) is 19.9 Å². The second-order valence-corrected chi connectivity index (χ2v) is 9.66. The molecule has 0 atom stereocenters. The molecule has 2 aromatic carbocycles. The molecule has 1 aliphatic carbocycles. The zero-order chi connectivity index (χ0) is 25.5. The molecule has 36 heavy (non-hydrogen) atoms. The Morgan fingerprint density at radius 2 is 1.81 bits per heavy atom. The van der Waals surface area contributed by atoms with Gasteiger partial charge in [0.25, 0.3) is 0 Å². The number of anilines is 1. The van der Waals surface area contributed by atoms with Gasteiger partial charge < -0.3 is 9.47 Å². The standard InChI is InChI=1S/C28H32ClN3O4/c1-32-27(31-28(34)36-16-15-23-5-3-4-6-25(23)29)24(18-30-32)22-13-11-21(12-14-22)20-9-7-19(8-10-20)17-26(33)35-2/h3-6,11-14,18-20H,7-10,15-17H2,1-2H3,(H,31,34). The third-order valence-corrected chi connectivity index (χ3v) is 7.31. The van der Waals surface area contributed by atoms with Gasteiger partial charge in [-0.25, -0.2) is 4.79 Å². The number of rotatable bonds is 8. The predicted octanol–water partition coefficient (Wildman–Crippen LogP) is 6.37. The van der Waals surface area contributed by atoms with Crippen LogP contribution in [-0.2, 0) is 27.7 Å². The van der Waals surface area contributed by atoms with Crippen LogP contribution in [-0.4, -0.2) is 35.6 Å². The van der Waals surface area contributed by atoms with E-state index in [1.54, 1.807) is 17.9 Å². The van der Waals surface area contributed by atoms with Crippen molar-refractivity contribution < 1.29 is 19.1 Å². The first-order valence-electron chi connectivity index (χ1n) is 12.3. The molecule has 8 heteroatoms. The number of esters is 1. The zero-order valence-electron chi connectivity index (χ0n) is 20.7. The molecule has 1 heterocycles. The van der Waals surface area contributed by atoms with Crippen molar-refractivity contribution in [3.05, 3.63) is 70.9 Å². The molecule has 1 amide bonds. The fraction of sp³-hybridized carbons (Fsp3) is 0.393. The quantitative estimate of drug-likeness (QED) is 0.357. The summed E-state index contributed by atoms with van der Waals surface area (Å²) in [6, 6.07) is 16.0. The molecule has 0 unspecified atom stereocenters. The van der Waals surface area contributed by atoms with Gasteiger partial charge >= 0.3 is 12.1 Å². The summed E-state index contributed by atoms with van der Waals surface area (Å²) in [6.07, 6.45) is 6.48. The molecule has 0 aliphatic heterocycles. The van der Waals surface area contributed by atoms with E-state index in [1.165, 1.54) is 12.7 Å². The maximum absolute atomic E-state index is 12.5. The van der Waals surface area contributed by atoms with Crippen molar-refractivity contribution in [2.45, 2.75) is 44.4 Å². The highest BCUT2D eigenvalue weighted by molar-refractivity contribution is 6.31. The number of halogens is 1. The molecule has 0 spiro atoms. The number of carbonyl (C=O) groups excluding carboxylic acids is 2. The molecule has 1 aliphatic rings. The smallest absolute Gasteiger partial charge is 0.412 e. The summed E-state index contributed by atoms with van der Waals surface area (Å²) in [5.74, 6) is 1.37. The van der Waals surface area contributed by atoms with Crippen LogP contribution in [0.1, 0.15) is 49.1 Å². The number of benzene rings is 2. The number of nitrogens with one attached hydrogen (secondary N) is 1. The van der Waals surface area contributed by atoms with Crippen molar-refractivity contribution in [1.29, 1.82) is 0 Å². The summed E-state index contributed by atoms with van der Waals surface area (Å²) >= 11 is 6.17. The number of nitrogens with zero attached hydrogens (tertiary/aromatic N) is 2. The molecule has 0 saturated heterocycles. The Bertz CT molecular complexity index is 1180. The van der Waals surface area contributed by atoms with E-state index >= 15 is 0 Å². The van der Waals surface area contributed by atoms with E-state index < -0.39 is 6.09 Å². The monoisotopic (exact) mass is 509 g/mol.